The van der Waals surface area contributed by atoms with Crippen LogP contribution in [0.1, 0.15) is 76.6 Å². The summed E-state index contributed by atoms with van der Waals surface area (Å²) in [6, 6.07) is 14.6. The van der Waals surface area contributed by atoms with Crippen LogP contribution < -0.4 is 16.4 Å². The molecular formula is C48H63F5N6O9S. The van der Waals surface area contributed by atoms with Crippen molar-refractivity contribution >= 4 is 47.3 Å². The van der Waals surface area contributed by atoms with E-state index in [1.165, 1.54) is 34.9 Å². The lowest BCUT2D eigenvalue weighted by Gasteiger charge is -2.41. The van der Waals surface area contributed by atoms with Crippen molar-refractivity contribution in [2.45, 2.75) is 78.1 Å². The number of aromatic nitrogens is 1. The van der Waals surface area contributed by atoms with E-state index in [1.807, 2.05) is 52.1 Å². The van der Waals surface area contributed by atoms with E-state index in [0.29, 0.717) is 103 Å². The van der Waals surface area contributed by atoms with Gasteiger partial charge in [0.15, 0.2) is 0 Å². The lowest BCUT2D eigenvalue weighted by Crippen LogP contribution is -2.44. The zero-order chi connectivity index (χ0) is 51.0. The van der Waals surface area contributed by atoms with E-state index in [9.17, 15) is 41.5 Å². The molecule has 5 amide bonds. The third kappa shape index (κ3) is 20.9. The van der Waals surface area contributed by atoms with Gasteiger partial charge in [-0.15, -0.1) is 0 Å². The lowest BCUT2D eigenvalue weighted by atomic mass is 9.83. The number of unbranched alkanes of at least 4 members (excludes halogenated alkanes) is 2. The number of nitrogens with one attached hydrogen (secondary N) is 2. The number of halogens is 5. The molecule has 0 aliphatic carbocycles. The molecule has 0 fully saturated rings. The number of carboxylic acid groups (broad SMARTS) is 1. The maximum Gasteiger partial charge on any atom is 0.490 e. The average Bonchev–Trinajstić information content (AvgIpc) is 3.84. The molecule has 3 aromatic rings. The van der Waals surface area contributed by atoms with Crippen LogP contribution in [-0.2, 0) is 44.8 Å². The van der Waals surface area contributed by atoms with Gasteiger partial charge in [0, 0.05) is 86.5 Å². The van der Waals surface area contributed by atoms with Crippen molar-refractivity contribution in [3.8, 4) is 11.1 Å². The minimum Gasteiger partial charge on any atom is -0.475 e. The SMILES string of the molecule is CC(C)(C)[C@H](c1cc(-c2cc(F)ccc2F)cn1Cc1ccccc1)N(CCCN)C(=O)CSCCC(=O)NCCOCCOCCNC(=O)CCCCCN1C(=O)C=CC1=O.O=C(O)C(F)(F)F. The molecule has 0 unspecified atom stereocenters. The molecule has 1 aliphatic rings. The van der Waals surface area contributed by atoms with E-state index in [4.69, 9.17) is 25.1 Å². The number of aliphatic carboxylic acids is 1. The molecule has 2 heterocycles. The summed E-state index contributed by atoms with van der Waals surface area (Å²) in [5.74, 6) is -4.19. The fraction of sp³-hybridized carbons (Fsp3) is 0.500. The van der Waals surface area contributed by atoms with Gasteiger partial charge in [-0.05, 0) is 61.1 Å². The number of rotatable bonds is 28. The van der Waals surface area contributed by atoms with Crippen molar-refractivity contribution < 1.29 is 65.3 Å². The topological polar surface area (TPSA) is 203 Å². The number of hydrogen-bond donors (Lipinski definition) is 4. The number of imide groups is 1. The summed E-state index contributed by atoms with van der Waals surface area (Å²) >= 11 is 1.38. The molecule has 1 aromatic heterocycles. The Labute approximate surface area is 403 Å². The van der Waals surface area contributed by atoms with Gasteiger partial charge in [-0.25, -0.2) is 13.6 Å². The number of alkyl halides is 3. The van der Waals surface area contributed by atoms with Gasteiger partial charge in [0.25, 0.3) is 11.8 Å². The van der Waals surface area contributed by atoms with Crippen molar-refractivity contribution in [2.24, 2.45) is 11.1 Å². The van der Waals surface area contributed by atoms with E-state index in [-0.39, 0.29) is 47.3 Å². The van der Waals surface area contributed by atoms with Crippen molar-refractivity contribution in [1.29, 1.82) is 0 Å². The number of amides is 5. The summed E-state index contributed by atoms with van der Waals surface area (Å²) < 4.78 is 74.2. The van der Waals surface area contributed by atoms with Crippen LogP contribution in [0.5, 0.6) is 0 Å². The van der Waals surface area contributed by atoms with Gasteiger partial charge < -0.3 is 40.4 Å². The second-order valence-electron chi connectivity index (χ2n) is 16.9. The van der Waals surface area contributed by atoms with E-state index >= 15 is 4.39 Å². The van der Waals surface area contributed by atoms with Crippen molar-refractivity contribution in [1.82, 2.24) is 25.0 Å². The predicted molar refractivity (Wildman–Crippen MR) is 251 cm³/mol. The molecule has 69 heavy (non-hydrogen) atoms. The van der Waals surface area contributed by atoms with E-state index < -0.39 is 35.2 Å². The molecule has 0 spiro atoms. The fourth-order valence-corrected chi connectivity index (χ4v) is 7.90. The fourth-order valence-electron chi connectivity index (χ4n) is 7.09. The molecular weight excluding hydrogens is 932 g/mol. The monoisotopic (exact) mass is 994 g/mol. The molecule has 15 nitrogen and oxygen atoms in total. The third-order valence-electron chi connectivity index (χ3n) is 10.3. The Morgan fingerprint density at radius 2 is 1.43 bits per heavy atom. The number of carboxylic acids is 1. The summed E-state index contributed by atoms with van der Waals surface area (Å²) in [5, 5.41) is 12.8. The molecule has 1 aliphatic heterocycles. The standard InChI is InChI=1S/C46H62F2N6O7S.C2HF3O2/c1-46(2,3)45(39-29-35(37-30-36(47)14-15-38(37)48)32-52(39)31-34-11-6-4-7-12-34)54(23-10-19-49)44(59)33-62-28-18-41(56)51-21-25-61-27-26-60-24-20-50-40(55)13-8-5-9-22-53-42(57)16-17-43(53)58;3-2(4,5)1(6)7/h4,6-7,11-12,14-17,29-30,32,45H,5,8-10,13,18-28,31,33,49H2,1-3H3,(H,50,55)(H,51,56);(H,6,7)/t45-;/m0./s1. The summed E-state index contributed by atoms with van der Waals surface area (Å²) in [4.78, 5) is 73.7. The molecule has 0 saturated heterocycles. The molecule has 5 N–H and O–H groups in total. The number of benzene rings is 2. The van der Waals surface area contributed by atoms with Gasteiger partial charge in [-0.2, -0.15) is 24.9 Å². The largest absolute Gasteiger partial charge is 0.490 e. The Morgan fingerprint density at radius 1 is 0.826 bits per heavy atom. The summed E-state index contributed by atoms with van der Waals surface area (Å²) in [6.07, 6.45) is 2.45. The molecule has 21 heteroatoms. The molecule has 0 radical (unpaired) electrons. The molecule has 1 atom stereocenters. The minimum atomic E-state index is -5.08. The van der Waals surface area contributed by atoms with Gasteiger partial charge in [0.1, 0.15) is 11.6 Å². The van der Waals surface area contributed by atoms with Crippen LogP contribution in [-0.4, -0.2) is 132 Å². The highest BCUT2D eigenvalue weighted by Gasteiger charge is 2.39. The molecule has 2 aromatic carbocycles. The Kier molecular flexibility index (Phi) is 24.6. The van der Waals surface area contributed by atoms with E-state index in [1.54, 1.807) is 0 Å². The van der Waals surface area contributed by atoms with Crippen LogP contribution in [0.15, 0.2) is 72.9 Å². The zero-order valence-corrected chi connectivity index (χ0v) is 40.0. The lowest BCUT2D eigenvalue weighted by molar-refractivity contribution is -0.192. The minimum absolute atomic E-state index is 0.0848. The maximum atomic E-state index is 15.1. The third-order valence-corrected chi connectivity index (χ3v) is 11.3. The predicted octanol–water partition coefficient (Wildman–Crippen LogP) is 6.25. The van der Waals surface area contributed by atoms with Crippen LogP contribution in [0.4, 0.5) is 22.0 Å². The molecule has 380 valence electrons. The Bertz CT molecular complexity index is 2150. The van der Waals surface area contributed by atoms with E-state index in [0.717, 1.165) is 29.8 Å². The average molecular weight is 995 g/mol. The Morgan fingerprint density at radius 3 is 2.01 bits per heavy atom. The highest BCUT2D eigenvalue weighted by Crippen LogP contribution is 2.41. The number of carbonyl (C=O) groups is 6. The smallest absolute Gasteiger partial charge is 0.475 e. The highest BCUT2D eigenvalue weighted by molar-refractivity contribution is 7.99. The second kappa shape index (κ2) is 29.4. The van der Waals surface area contributed by atoms with Crippen molar-refractivity contribution in [2.75, 3.05) is 70.7 Å². The van der Waals surface area contributed by atoms with Gasteiger partial charge in [0.2, 0.25) is 17.7 Å². The number of hydrogen-bond acceptors (Lipinski definition) is 10. The summed E-state index contributed by atoms with van der Waals surface area (Å²) in [7, 11) is 0. The first-order valence-electron chi connectivity index (χ1n) is 22.5. The maximum absolute atomic E-state index is 15.1. The van der Waals surface area contributed by atoms with E-state index in [2.05, 4.69) is 31.4 Å². The van der Waals surface area contributed by atoms with Crippen molar-refractivity contribution in [3.63, 3.8) is 0 Å². The van der Waals surface area contributed by atoms with Gasteiger partial charge >= 0.3 is 12.1 Å². The van der Waals surface area contributed by atoms with Crippen LogP contribution in [0.2, 0.25) is 0 Å². The molecule has 4 rings (SSSR count). The number of ether oxygens (including phenoxy) is 2. The molecule has 0 saturated carbocycles. The summed E-state index contributed by atoms with van der Waals surface area (Å²) in [6.45, 7) is 9.76. The first-order valence-corrected chi connectivity index (χ1v) is 23.7. The molecule has 0 bridgehead atoms. The normalized spacial score (nSPS) is 13.0. The first-order chi connectivity index (χ1) is 32.7. The number of carbonyl (C=O) groups excluding carboxylic acids is 5. The van der Waals surface area contributed by atoms with Gasteiger partial charge in [0.05, 0.1) is 38.2 Å². The zero-order valence-electron chi connectivity index (χ0n) is 39.2. The van der Waals surface area contributed by atoms with Crippen LogP contribution in [0, 0.1) is 17.0 Å². The Balaban J connectivity index is 0.00000167. The number of thioether (sulfide) groups is 1. The summed E-state index contributed by atoms with van der Waals surface area (Å²) in [5.41, 5.74) is 7.95. The van der Waals surface area contributed by atoms with Crippen LogP contribution >= 0.6 is 11.8 Å². The van der Waals surface area contributed by atoms with Gasteiger partial charge in [-0.3, -0.25) is 28.9 Å². The first kappa shape index (κ1) is 57.7. The van der Waals surface area contributed by atoms with Gasteiger partial charge in [-0.1, -0.05) is 57.5 Å². The Hall–Kier alpha value is -5.64. The second-order valence-corrected chi connectivity index (χ2v) is 18.0. The quantitative estimate of drug-likeness (QED) is 0.0364. The van der Waals surface area contributed by atoms with Crippen LogP contribution in [0.3, 0.4) is 0 Å². The number of nitrogens with zero attached hydrogens (tertiary/aromatic N) is 3. The highest BCUT2D eigenvalue weighted by atomic mass is 32.2. The van der Waals surface area contributed by atoms with Crippen LogP contribution in [0.25, 0.3) is 11.1 Å². The van der Waals surface area contributed by atoms with Crippen molar-refractivity contribution in [3.05, 3.63) is 95.8 Å². The number of nitrogens with two attached hydrogens (primary N) is 1.